The molecular weight excluding hydrogens is 242 g/mol. The summed E-state index contributed by atoms with van der Waals surface area (Å²) in [6, 6.07) is 6.84. The van der Waals surface area contributed by atoms with E-state index in [0.717, 1.165) is 19.5 Å². The number of hydrogen-bond donors (Lipinski definition) is 2. The summed E-state index contributed by atoms with van der Waals surface area (Å²) < 4.78 is 0. The second-order valence-electron chi connectivity index (χ2n) is 5.55. The van der Waals surface area contributed by atoms with Gasteiger partial charge in [-0.15, -0.1) is 0 Å². The van der Waals surface area contributed by atoms with Crippen molar-refractivity contribution in [2.75, 3.05) is 36.4 Å². The number of fused-ring (bicyclic) bond motifs is 3. The van der Waals surface area contributed by atoms with Crippen LogP contribution < -0.4 is 10.2 Å². The van der Waals surface area contributed by atoms with Crippen LogP contribution in [0.15, 0.2) is 18.2 Å². The number of likely N-dealkylation sites (tertiary alicyclic amines) is 1. The summed E-state index contributed by atoms with van der Waals surface area (Å²) in [5.41, 5.74) is 3.84. The van der Waals surface area contributed by atoms with Crippen LogP contribution in [0.2, 0.25) is 0 Å². The molecule has 4 rings (SSSR count). The molecule has 0 aromatic heterocycles. The van der Waals surface area contributed by atoms with Crippen LogP contribution >= 0.6 is 0 Å². The molecule has 0 bridgehead atoms. The van der Waals surface area contributed by atoms with Crippen LogP contribution in [0, 0.1) is 0 Å². The van der Waals surface area contributed by atoms with E-state index < -0.39 is 6.09 Å². The van der Waals surface area contributed by atoms with Gasteiger partial charge in [-0.1, -0.05) is 12.1 Å². The van der Waals surface area contributed by atoms with Crippen molar-refractivity contribution in [2.45, 2.75) is 18.4 Å². The number of carbonyl (C=O) groups is 1. The van der Waals surface area contributed by atoms with Crippen molar-refractivity contribution in [3.8, 4) is 0 Å². The highest BCUT2D eigenvalue weighted by atomic mass is 16.4. The highest BCUT2D eigenvalue weighted by Gasteiger charge is 2.44. The number of amides is 1. The van der Waals surface area contributed by atoms with Gasteiger partial charge in [-0.3, -0.25) is 0 Å². The topological polar surface area (TPSA) is 55.8 Å². The standard InChI is InChI=1S/C14H17N3O2/c18-14(19)16-6-4-12-10(8-16)9-2-1-3-11-13(9)17(12)7-5-15-11/h1-3,10,12,15H,4-8H2,(H,18,19)/t10-,12-/m0/s1. The molecule has 1 saturated heterocycles. The summed E-state index contributed by atoms with van der Waals surface area (Å²) in [5, 5.41) is 12.6. The van der Waals surface area contributed by atoms with Gasteiger partial charge in [0, 0.05) is 38.1 Å². The Kier molecular flexibility index (Phi) is 2.19. The number of nitrogens with zero attached hydrogens (tertiary/aromatic N) is 2. The first kappa shape index (κ1) is 11.0. The van der Waals surface area contributed by atoms with Gasteiger partial charge in [0.05, 0.1) is 11.4 Å². The van der Waals surface area contributed by atoms with Gasteiger partial charge in [-0.05, 0) is 18.1 Å². The van der Waals surface area contributed by atoms with Gasteiger partial charge < -0.3 is 20.2 Å². The average molecular weight is 259 g/mol. The third-order valence-electron chi connectivity index (χ3n) is 4.67. The predicted octanol–water partition coefficient (Wildman–Crippen LogP) is 1.77. The summed E-state index contributed by atoms with van der Waals surface area (Å²) in [5.74, 6) is 0.333. The lowest BCUT2D eigenvalue weighted by atomic mass is 9.89. The van der Waals surface area contributed by atoms with Gasteiger partial charge in [0.2, 0.25) is 0 Å². The van der Waals surface area contributed by atoms with E-state index in [9.17, 15) is 9.90 Å². The molecule has 0 unspecified atom stereocenters. The van der Waals surface area contributed by atoms with Gasteiger partial charge in [-0.2, -0.15) is 0 Å². The highest BCUT2D eigenvalue weighted by Crippen LogP contribution is 2.49. The van der Waals surface area contributed by atoms with Crippen molar-refractivity contribution in [3.05, 3.63) is 23.8 Å². The molecule has 0 spiro atoms. The molecule has 100 valence electrons. The molecule has 19 heavy (non-hydrogen) atoms. The summed E-state index contributed by atoms with van der Waals surface area (Å²) in [6.45, 7) is 3.29. The summed E-state index contributed by atoms with van der Waals surface area (Å²) in [6.07, 6.45) is 0.146. The van der Waals surface area contributed by atoms with Gasteiger partial charge in [0.25, 0.3) is 0 Å². The first-order valence-corrected chi connectivity index (χ1v) is 6.87. The number of hydrogen-bond acceptors (Lipinski definition) is 3. The van der Waals surface area contributed by atoms with E-state index in [0.29, 0.717) is 25.0 Å². The van der Waals surface area contributed by atoms with Gasteiger partial charge in [0.15, 0.2) is 0 Å². The zero-order valence-corrected chi connectivity index (χ0v) is 10.7. The molecule has 0 aliphatic carbocycles. The van der Waals surface area contributed by atoms with Crippen LogP contribution in [-0.2, 0) is 0 Å². The zero-order chi connectivity index (χ0) is 13.0. The average Bonchev–Trinajstić information content (AvgIpc) is 2.76. The number of carboxylic acid groups (broad SMARTS) is 1. The van der Waals surface area contributed by atoms with Gasteiger partial charge in [-0.25, -0.2) is 4.79 Å². The Hall–Kier alpha value is -1.91. The Balaban J connectivity index is 1.76. The van der Waals surface area contributed by atoms with Crippen molar-refractivity contribution in [2.24, 2.45) is 0 Å². The second kappa shape index (κ2) is 3.79. The first-order chi connectivity index (χ1) is 9.25. The second-order valence-corrected chi connectivity index (χ2v) is 5.55. The first-order valence-electron chi connectivity index (χ1n) is 6.87. The third-order valence-corrected chi connectivity index (χ3v) is 4.67. The molecule has 3 aliphatic rings. The molecule has 5 nitrogen and oxygen atoms in total. The fourth-order valence-corrected chi connectivity index (χ4v) is 3.87. The van der Waals surface area contributed by atoms with Crippen molar-refractivity contribution >= 4 is 17.5 Å². The largest absolute Gasteiger partial charge is 0.465 e. The van der Waals surface area contributed by atoms with E-state index in [1.165, 1.54) is 16.9 Å². The lowest BCUT2D eigenvalue weighted by Crippen LogP contribution is -2.49. The van der Waals surface area contributed by atoms with E-state index in [1.807, 2.05) is 0 Å². The van der Waals surface area contributed by atoms with Crippen LogP contribution in [-0.4, -0.2) is 48.3 Å². The summed E-state index contributed by atoms with van der Waals surface area (Å²) in [4.78, 5) is 15.2. The molecular formula is C14H17N3O2. The van der Waals surface area contributed by atoms with E-state index >= 15 is 0 Å². The molecule has 1 aromatic carbocycles. The molecule has 1 amide bonds. The molecule has 1 fully saturated rings. The molecule has 2 N–H and O–H groups in total. The summed E-state index contributed by atoms with van der Waals surface area (Å²) in [7, 11) is 0. The van der Waals surface area contributed by atoms with Gasteiger partial charge >= 0.3 is 6.09 Å². The van der Waals surface area contributed by atoms with Crippen LogP contribution in [0.4, 0.5) is 16.2 Å². The van der Waals surface area contributed by atoms with E-state index in [4.69, 9.17) is 0 Å². The van der Waals surface area contributed by atoms with Gasteiger partial charge in [0.1, 0.15) is 0 Å². The van der Waals surface area contributed by atoms with Crippen LogP contribution in [0.3, 0.4) is 0 Å². The van der Waals surface area contributed by atoms with E-state index in [2.05, 4.69) is 28.4 Å². The molecule has 0 radical (unpaired) electrons. The van der Waals surface area contributed by atoms with Crippen molar-refractivity contribution in [1.29, 1.82) is 0 Å². The Morgan fingerprint density at radius 1 is 1.37 bits per heavy atom. The number of nitrogens with one attached hydrogen (secondary N) is 1. The lowest BCUT2D eigenvalue weighted by molar-refractivity contribution is 0.127. The number of piperidine rings is 1. The monoisotopic (exact) mass is 259 g/mol. The minimum absolute atomic E-state index is 0.333. The number of anilines is 2. The number of rotatable bonds is 0. The van der Waals surface area contributed by atoms with E-state index in [-0.39, 0.29) is 0 Å². The van der Waals surface area contributed by atoms with Crippen molar-refractivity contribution < 1.29 is 9.90 Å². The SMILES string of the molecule is O=C(O)N1CC[C@H]2[C@@H](C1)c1cccc3c1N2CCN3. The predicted molar refractivity (Wildman–Crippen MR) is 73.0 cm³/mol. The van der Waals surface area contributed by atoms with Crippen LogP contribution in [0.1, 0.15) is 17.9 Å². The maximum Gasteiger partial charge on any atom is 0.407 e. The molecule has 2 atom stereocenters. The number of benzene rings is 1. The molecule has 3 heterocycles. The maximum absolute atomic E-state index is 11.2. The van der Waals surface area contributed by atoms with Crippen molar-refractivity contribution in [3.63, 3.8) is 0 Å². The Morgan fingerprint density at radius 2 is 2.26 bits per heavy atom. The lowest BCUT2D eigenvalue weighted by Gasteiger charge is -2.39. The van der Waals surface area contributed by atoms with Crippen LogP contribution in [0.25, 0.3) is 0 Å². The summed E-state index contributed by atoms with van der Waals surface area (Å²) >= 11 is 0. The normalized spacial score (nSPS) is 27.6. The van der Waals surface area contributed by atoms with Crippen LogP contribution in [0.5, 0.6) is 0 Å². The quantitative estimate of drug-likeness (QED) is 0.745. The highest BCUT2D eigenvalue weighted by molar-refractivity contribution is 5.80. The van der Waals surface area contributed by atoms with E-state index in [1.54, 1.807) is 4.90 Å². The fraction of sp³-hybridized carbons (Fsp3) is 0.500. The third kappa shape index (κ3) is 1.44. The van der Waals surface area contributed by atoms with Crippen molar-refractivity contribution in [1.82, 2.24) is 4.90 Å². The number of para-hydroxylation sites is 1. The molecule has 0 saturated carbocycles. The minimum Gasteiger partial charge on any atom is -0.465 e. The Morgan fingerprint density at radius 3 is 3.11 bits per heavy atom. The minimum atomic E-state index is -0.789. The molecule has 3 aliphatic heterocycles. The Bertz CT molecular complexity index is 545. The zero-order valence-electron chi connectivity index (χ0n) is 10.7. The molecule has 1 aromatic rings. The smallest absolute Gasteiger partial charge is 0.407 e. The molecule has 5 heteroatoms. The maximum atomic E-state index is 11.2. The fourth-order valence-electron chi connectivity index (χ4n) is 3.87. The Labute approximate surface area is 111 Å².